The van der Waals surface area contributed by atoms with Gasteiger partial charge < -0.3 is 20.1 Å². The Bertz CT molecular complexity index is 1210. The summed E-state index contributed by atoms with van der Waals surface area (Å²) < 4.78 is 12.1. The Balaban J connectivity index is 1.47. The average molecular weight is 463 g/mol. The first kappa shape index (κ1) is 23.2. The van der Waals surface area contributed by atoms with Crippen molar-refractivity contribution in [2.45, 2.75) is 32.8 Å². The fourth-order valence-electron chi connectivity index (χ4n) is 3.74. The van der Waals surface area contributed by atoms with E-state index in [0.29, 0.717) is 46.9 Å². The summed E-state index contributed by atoms with van der Waals surface area (Å²) in [6, 6.07) is 13.9. The van der Waals surface area contributed by atoms with Crippen LogP contribution in [0.25, 0.3) is 5.69 Å². The van der Waals surface area contributed by atoms with Crippen molar-refractivity contribution in [3.8, 4) is 5.69 Å². The van der Waals surface area contributed by atoms with Crippen molar-refractivity contribution < 1.29 is 23.9 Å². The topological polar surface area (TPSA) is 112 Å². The van der Waals surface area contributed by atoms with Gasteiger partial charge in [-0.2, -0.15) is 5.10 Å². The Morgan fingerprint density at radius 2 is 1.88 bits per heavy atom. The molecule has 2 amide bonds. The maximum atomic E-state index is 12.9. The Hall–Kier alpha value is -3.98. The molecule has 34 heavy (non-hydrogen) atoms. The van der Waals surface area contributed by atoms with Crippen LogP contribution in [0.15, 0.2) is 54.7 Å². The molecule has 0 spiro atoms. The molecule has 0 aliphatic carbocycles. The summed E-state index contributed by atoms with van der Waals surface area (Å²) in [6.07, 6.45) is 2.58. The standard InChI is InChI=1S/C25H26N4O5/c1-3-33-25(32)21-15-26-29(16(21)2)20-10-5-9-19(14-20)27-23(30)17-7-4-8-18(13-17)28-24(31)22-11-6-12-34-22/h4-5,7-10,13-15,22H,3,6,11-12H2,1-2H3,(H,27,30)(H,28,31). The number of benzene rings is 2. The van der Waals surface area contributed by atoms with Crippen molar-refractivity contribution in [2.75, 3.05) is 23.8 Å². The molecule has 4 rings (SSSR count). The number of rotatable bonds is 7. The number of amides is 2. The van der Waals surface area contributed by atoms with Crippen molar-refractivity contribution >= 4 is 29.2 Å². The van der Waals surface area contributed by atoms with E-state index in [2.05, 4.69) is 15.7 Å². The fraction of sp³-hybridized carbons (Fsp3) is 0.280. The molecule has 9 heteroatoms. The normalized spacial score (nSPS) is 15.1. The summed E-state index contributed by atoms with van der Waals surface area (Å²) in [5, 5.41) is 9.96. The van der Waals surface area contributed by atoms with Crippen LogP contribution in [0.5, 0.6) is 0 Å². The highest BCUT2D eigenvalue weighted by molar-refractivity contribution is 6.05. The number of esters is 1. The SMILES string of the molecule is CCOC(=O)c1cnn(-c2cccc(NC(=O)c3cccc(NC(=O)C4CCCO4)c3)c2)c1C. The largest absolute Gasteiger partial charge is 0.462 e. The van der Waals surface area contributed by atoms with E-state index >= 15 is 0 Å². The first-order valence-corrected chi connectivity index (χ1v) is 11.1. The first-order valence-electron chi connectivity index (χ1n) is 11.1. The summed E-state index contributed by atoms with van der Waals surface area (Å²) in [6.45, 7) is 4.39. The lowest BCUT2D eigenvalue weighted by Crippen LogP contribution is -2.27. The third kappa shape index (κ3) is 5.15. The third-order valence-electron chi connectivity index (χ3n) is 5.47. The number of hydrogen-bond donors (Lipinski definition) is 2. The predicted molar refractivity (Wildman–Crippen MR) is 126 cm³/mol. The zero-order valence-corrected chi connectivity index (χ0v) is 19.0. The quantitative estimate of drug-likeness (QED) is 0.518. The van der Waals surface area contributed by atoms with E-state index in [4.69, 9.17) is 9.47 Å². The minimum Gasteiger partial charge on any atom is -0.462 e. The van der Waals surface area contributed by atoms with Gasteiger partial charge in [0.2, 0.25) is 0 Å². The van der Waals surface area contributed by atoms with Crippen molar-refractivity contribution in [2.24, 2.45) is 0 Å². The van der Waals surface area contributed by atoms with E-state index < -0.39 is 12.1 Å². The highest BCUT2D eigenvalue weighted by Crippen LogP contribution is 2.20. The number of carbonyl (C=O) groups is 3. The van der Waals surface area contributed by atoms with E-state index in [1.54, 1.807) is 61.0 Å². The molecule has 2 aromatic carbocycles. The van der Waals surface area contributed by atoms with Gasteiger partial charge in [-0.05, 0) is 63.1 Å². The fourth-order valence-corrected chi connectivity index (χ4v) is 3.74. The number of anilines is 2. The molecule has 2 heterocycles. The molecule has 0 saturated carbocycles. The summed E-state index contributed by atoms with van der Waals surface area (Å²) in [5.74, 6) is -0.962. The van der Waals surface area contributed by atoms with Gasteiger partial charge in [-0.15, -0.1) is 0 Å². The molecule has 1 fully saturated rings. The third-order valence-corrected chi connectivity index (χ3v) is 5.47. The molecule has 9 nitrogen and oxygen atoms in total. The van der Waals surface area contributed by atoms with E-state index in [1.165, 1.54) is 6.20 Å². The van der Waals surface area contributed by atoms with E-state index in [-0.39, 0.29) is 18.4 Å². The number of carbonyl (C=O) groups excluding carboxylic acids is 3. The molecule has 1 saturated heterocycles. The first-order chi connectivity index (χ1) is 16.5. The van der Waals surface area contributed by atoms with Gasteiger partial charge in [0.25, 0.3) is 11.8 Å². The Kier molecular flexibility index (Phi) is 7.03. The average Bonchev–Trinajstić information content (AvgIpc) is 3.50. The number of ether oxygens (including phenoxy) is 2. The second kappa shape index (κ2) is 10.3. The van der Waals surface area contributed by atoms with Gasteiger partial charge in [0.15, 0.2) is 0 Å². The summed E-state index contributed by atoms with van der Waals surface area (Å²) >= 11 is 0. The Labute approximate surface area is 197 Å². The van der Waals surface area contributed by atoms with Gasteiger partial charge in [0, 0.05) is 23.5 Å². The molecular weight excluding hydrogens is 436 g/mol. The number of nitrogens with one attached hydrogen (secondary N) is 2. The minimum atomic E-state index is -0.449. The lowest BCUT2D eigenvalue weighted by Gasteiger charge is -2.12. The molecule has 1 aromatic heterocycles. The molecular formula is C25H26N4O5. The number of nitrogens with zero attached hydrogens (tertiary/aromatic N) is 2. The zero-order valence-electron chi connectivity index (χ0n) is 19.0. The van der Waals surface area contributed by atoms with Crippen molar-refractivity contribution in [1.82, 2.24) is 9.78 Å². The zero-order chi connectivity index (χ0) is 24.1. The van der Waals surface area contributed by atoms with E-state index in [9.17, 15) is 14.4 Å². The summed E-state index contributed by atoms with van der Waals surface area (Å²) in [4.78, 5) is 37.2. The van der Waals surface area contributed by atoms with Crippen molar-refractivity contribution in [3.63, 3.8) is 0 Å². The van der Waals surface area contributed by atoms with Crippen LogP contribution in [0.3, 0.4) is 0 Å². The monoisotopic (exact) mass is 462 g/mol. The molecule has 1 aliphatic heterocycles. The second-order valence-electron chi connectivity index (χ2n) is 7.85. The lowest BCUT2D eigenvalue weighted by atomic mass is 10.1. The summed E-state index contributed by atoms with van der Waals surface area (Å²) in [5.41, 5.74) is 3.19. The van der Waals surface area contributed by atoms with Gasteiger partial charge in [-0.25, -0.2) is 9.48 Å². The van der Waals surface area contributed by atoms with Crippen molar-refractivity contribution in [3.05, 3.63) is 71.5 Å². The molecule has 176 valence electrons. The smallest absolute Gasteiger partial charge is 0.341 e. The Morgan fingerprint density at radius 3 is 2.62 bits per heavy atom. The van der Waals surface area contributed by atoms with Crippen LogP contribution in [0.4, 0.5) is 11.4 Å². The highest BCUT2D eigenvalue weighted by atomic mass is 16.5. The number of hydrogen-bond acceptors (Lipinski definition) is 6. The lowest BCUT2D eigenvalue weighted by molar-refractivity contribution is -0.124. The van der Waals surface area contributed by atoms with Crippen LogP contribution in [0, 0.1) is 6.92 Å². The van der Waals surface area contributed by atoms with Gasteiger partial charge in [-0.1, -0.05) is 12.1 Å². The van der Waals surface area contributed by atoms with Crippen LogP contribution in [-0.2, 0) is 14.3 Å². The van der Waals surface area contributed by atoms with Crippen LogP contribution in [-0.4, -0.2) is 46.9 Å². The molecule has 2 N–H and O–H groups in total. The molecule has 1 unspecified atom stereocenters. The summed E-state index contributed by atoms with van der Waals surface area (Å²) in [7, 11) is 0. The van der Waals surface area contributed by atoms with Gasteiger partial charge in [-0.3, -0.25) is 9.59 Å². The maximum Gasteiger partial charge on any atom is 0.341 e. The van der Waals surface area contributed by atoms with E-state index in [1.807, 2.05) is 6.07 Å². The molecule has 1 atom stereocenters. The van der Waals surface area contributed by atoms with Crippen molar-refractivity contribution in [1.29, 1.82) is 0 Å². The molecule has 0 bridgehead atoms. The minimum absolute atomic E-state index is 0.209. The van der Waals surface area contributed by atoms with Crippen LogP contribution in [0.1, 0.15) is 46.2 Å². The molecule has 1 aliphatic rings. The molecule has 0 radical (unpaired) electrons. The van der Waals surface area contributed by atoms with Crippen LogP contribution < -0.4 is 10.6 Å². The molecule has 3 aromatic rings. The second-order valence-corrected chi connectivity index (χ2v) is 7.85. The van der Waals surface area contributed by atoms with E-state index in [0.717, 1.165) is 6.42 Å². The maximum absolute atomic E-state index is 12.9. The van der Waals surface area contributed by atoms with Gasteiger partial charge >= 0.3 is 5.97 Å². The number of aromatic nitrogens is 2. The van der Waals surface area contributed by atoms with Gasteiger partial charge in [0.1, 0.15) is 11.7 Å². The Morgan fingerprint density at radius 1 is 1.12 bits per heavy atom. The highest BCUT2D eigenvalue weighted by Gasteiger charge is 2.23. The van der Waals surface area contributed by atoms with Crippen LogP contribution in [0.2, 0.25) is 0 Å². The van der Waals surface area contributed by atoms with Crippen LogP contribution >= 0.6 is 0 Å². The predicted octanol–water partition coefficient (Wildman–Crippen LogP) is 3.73. The van der Waals surface area contributed by atoms with Gasteiger partial charge in [0.05, 0.1) is 24.2 Å².